The molecule has 12 atom stereocenters. The van der Waals surface area contributed by atoms with Crippen molar-refractivity contribution in [2.75, 3.05) is 47.1 Å². The normalized spacial score (nSPS) is 22.8. The third-order valence-electron chi connectivity index (χ3n) is 33.9. The smallest absolute Gasteiger partial charge is 0.413 e. The number of aryl methyl sites for hydroxylation is 4. The Bertz CT molecular complexity index is 6600. The van der Waals surface area contributed by atoms with Gasteiger partial charge in [0.05, 0.1) is 67.3 Å². The number of carbonyl (C=O) groups is 7. The molecule has 0 bridgehead atoms. The van der Waals surface area contributed by atoms with Crippen molar-refractivity contribution in [3.05, 3.63) is 249 Å². The summed E-state index contributed by atoms with van der Waals surface area (Å²) >= 11 is 0. The third-order valence-corrected chi connectivity index (χ3v) is 33.9. The predicted molar refractivity (Wildman–Crippen MR) is 580 cm³/mol. The summed E-state index contributed by atoms with van der Waals surface area (Å²) in [5.41, 5.74) is 29.8. The minimum absolute atomic E-state index is 0.0401. The van der Waals surface area contributed by atoms with Crippen LogP contribution in [0.1, 0.15) is 251 Å². The number of aromatic amines is 1. The molecule has 13 aliphatic rings. The number of para-hydroxylation sites is 2. The van der Waals surface area contributed by atoms with Crippen molar-refractivity contribution in [2.24, 2.45) is 72.1 Å². The first-order valence-corrected chi connectivity index (χ1v) is 53.9. The quantitative estimate of drug-likeness (QED) is 0.0352. The van der Waals surface area contributed by atoms with Crippen molar-refractivity contribution < 1.29 is 52.5 Å². The number of ether oxygens (including phenoxy) is 4. The van der Waals surface area contributed by atoms with Gasteiger partial charge in [0.25, 0.3) is 0 Å². The summed E-state index contributed by atoms with van der Waals surface area (Å²) in [6.45, 7) is 36.6. The Morgan fingerprint density at radius 1 is 0.435 bits per heavy atom. The van der Waals surface area contributed by atoms with Crippen molar-refractivity contribution >= 4 is 76.0 Å². The van der Waals surface area contributed by atoms with Crippen LogP contribution in [0.25, 0.3) is 39.1 Å². The third kappa shape index (κ3) is 22.0. The van der Waals surface area contributed by atoms with Gasteiger partial charge < -0.3 is 59.5 Å². The molecule has 24 nitrogen and oxygen atoms in total. The van der Waals surface area contributed by atoms with Gasteiger partial charge in [-0.25, -0.2) is 19.4 Å². The van der Waals surface area contributed by atoms with E-state index >= 15 is 0 Å². The average molecular weight is 1990 g/mol. The number of carbonyl (C=O) groups excluding carboxylic acids is 7. The van der Waals surface area contributed by atoms with E-state index in [0.29, 0.717) is 43.3 Å². The van der Waals surface area contributed by atoms with E-state index in [1.165, 1.54) is 125 Å². The molecule has 4 saturated heterocycles. The first kappa shape index (κ1) is 103. The zero-order chi connectivity index (χ0) is 104. The molecule has 9 aromatic rings. The lowest BCUT2D eigenvalue weighted by Gasteiger charge is -2.31. The SMILES string of the molecule is COC(=O)N[C@H](C(=O)N1CC2(CC2)C[C@H]1c1ncc(-c2ccc(C)cc2)[nH]1)C(C)C.COCN[C@H](C(=O)N1CC2(CC2)C[C@H]1C1=Nc2ccc(-c3ccc(C)c4c3CC3CCC43)cc2C1)C(C)C.Cc1ccc(-c2ccc3c(c2)CC([C@@H]2CC(C)(C)CN2C(=O)[C@@H](NC(=O)Oc2ccccc2)C(C)C)=N3)c2c1C1CCC1C2.Cc1ccc(C2=CN=C([C@@H]3CC(C)(C)CN3C(=O)[C@@H](NC(=O)Oc3ccccc3)C(C)C)C2)cc1. The summed E-state index contributed by atoms with van der Waals surface area (Å²) in [6.07, 6.45) is 20.5. The number of amides is 7. The molecule has 24 heteroatoms. The molecule has 22 rings (SSSR count). The van der Waals surface area contributed by atoms with Crippen molar-refractivity contribution in [2.45, 2.75) is 280 Å². The molecule has 8 heterocycles. The Kier molecular flexibility index (Phi) is 29.5. The number of hydrogen-bond donors (Lipinski definition) is 5. The molecule has 0 radical (unpaired) electrons. The summed E-state index contributed by atoms with van der Waals surface area (Å²) < 4.78 is 20.8. The molecule has 7 aliphatic heterocycles. The van der Waals surface area contributed by atoms with E-state index in [0.717, 1.165) is 133 Å². The second kappa shape index (κ2) is 42.2. The molecule has 772 valence electrons. The van der Waals surface area contributed by atoms with Gasteiger partial charge in [-0.15, -0.1) is 0 Å². The minimum Gasteiger partial charge on any atom is -0.453 e. The highest BCUT2D eigenvalue weighted by Crippen LogP contribution is 2.61. The number of nitrogens with one attached hydrogen (secondary N) is 5. The Labute approximate surface area is 867 Å². The van der Waals surface area contributed by atoms with Gasteiger partial charge >= 0.3 is 18.3 Å². The predicted octanol–water partition coefficient (Wildman–Crippen LogP) is 23.2. The van der Waals surface area contributed by atoms with Crippen molar-refractivity contribution in [1.29, 1.82) is 0 Å². The highest BCUT2D eigenvalue weighted by molar-refractivity contribution is 6.05. The van der Waals surface area contributed by atoms with Crippen LogP contribution in [0, 0.1) is 84.9 Å². The van der Waals surface area contributed by atoms with Crippen LogP contribution >= 0.6 is 0 Å². The molecule has 2 spiro atoms. The van der Waals surface area contributed by atoms with Crippen LogP contribution in [0.4, 0.5) is 25.8 Å². The molecule has 6 aliphatic carbocycles. The fraction of sp³-hybridized carbons (Fsp3) is 0.488. The molecule has 4 unspecified atom stereocenters. The van der Waals surface area contributed by atoms with Gasteiger partial charge in [0.2, 0.25) is 23.6 Å². The number of rotatable bonds is 24. The number of benzene rings is 8. The van der Waals surface area contributed by atoms with Gasteiger partial charge in [-0.2, -0.15) is 0 Å². The second-order valence-electron chi connectivity index (χ2n) is 47.5. The Hall–Kier alpha value is -12.7. The van der Waals surface area contributed by atoms with Gasteiger partial charge in [0.15, 0.2) is 0 Å². The molecule has 7 amide bonds. The van der Waals surface area contributed by atoms with E-state index in [1.54, 1.807) is 65.8 Å². The number of H-pyrrole nitrogens is 1. The van der Waals surface area contributed by atoms with E-state index in [9.17, 15) is 33.6 Å². The number of fused-ring (bicyclic) bond motifs is 8. The molecular weight excluding hydrogens is 1840 g/mol. The van der Waals surface area contributed by atoms with E-state index < -0.39 is 36.4 Å². The van der Waals surface area contributed by atoms with Crippen LogP contribution in [0.2, 0.25) is 0 Å². The van der Waals surface area contributed by atoms with Crippen molar-refractivity contribution in [1.82, 2.24) is 50.8 Å². The molecular formula is C123H149N13O11. The summed E-state index contributed by atoms with van der Waals surface area (Å²) in [6, 6.07) is 55.0. The number of nitrogens with zero attached hydrogens (tertiary/aromatic N) is 8. The van der Waals surface area contributed by atoms with Gasteiger partial charge in [0.1, 0.15) is 35.4 Å². The van der Waals surface area contributed by atoms with Crippen LogP contribution < -0.4 is 30.7 Å². The lowest BCUT2D eigenvalue weighted by atomic mass is 9.73. The van der Waals surface area contributed by atoms with Crippen LogP contribution in [-0.4, -0.2) is 178 Å². The Balaban J connectivity index is 0.000000125. The second-order valence-corrected chi connectivity index (χ2v) is 47.5. The number of hydrogen-bond acceptors (Lipinski definition) is 16. The molecule has 4 saturated carbocycles. The maximum absolute atomic E-state index is 14.1. The van der Waals surface area contributed by atoms with Crippen molar-refractivity contribution in [3.63, 3.8) is 0 Å². The Morgan fingerprint density at radius 3 is 1.27 bits per heavy atom. The molecule has 8 aromatic carbocycles. The van der Waals surface area contributed by atoms with E-state index in [-0.39, 0.29) is 93.8 Å². The van der Waals surface area contributed by atoms with Gasteiger partial charge in [-0.05, 0) is 319 Å². The number of imidazole rings is 1. The van der Waals surface area contributed by atoms with E-state index in [2.05, 4.69) is 215 Å². The maximum Gasteiger partial charge on any atom is 0.413 e. The zero-order valence-electron chi connectivity index (χ0n) is 89.2. The number of aliphatic imine (C=N–C) groups is 3. The number of likely N-dealkylation sites (tertiary alicyclic amines) is 4. The molecule has 147 heavy (non-hydrogen) atoms. The lowest BCUT2D eigenvalue weighted by molar-refractivity contribution is -0.136. The first-order valence-electron chi connectivity index (χ1n) is 53.9. The van der Waals surface area contributed by atoms with Crippen LogP contribution in [0.5, 0.6) is 11.5 Å². The monoisotopic (exact) mass is 1980 g/mol. The lowest BCUT2D eigenvalue weighted by Crippen LogP contribution is -2.54. The maximum atomic E-state index is 14.1. The highest BCUT2D eigenvalue weighted by atomic mass is 16.6. The first-order chi connectivity index (χ1) is 70.4. The van der Waals surface area contributed by atoms with E-state index in [4.69, 9.17) is 33.9 Å². The van der Waals surface area contributed by atoms with Crippen LogP contribution in [0.15, 0.2) is 197 Å². The molecule has 1 aromatic heterocycles. The number of aromatic nitrogens is 2. The fourth-order valence-corrected chi connectivity index (χ4v) is 25.2. The zero-order valence-corrected chi connectivity index (χ0v) is 89.2. The highest BCUT2D eigenvalue weighted by Gasteiger charge is 2.58. The standard InChI is InChI=1S/C38H43N3O3.C33H41N3O2.C29H35N3O3.C23H30N4O3/c1-22(2)35(40-37(43)44-27-9-7-6-8-10-27)36(42)41-21-38(4,5)20-33(41)32-19-26-17-24(13-16-31(26)39-32)28-14-11-23(3)34-29-15-12-25(29)18-30(28)34;1-19(2)31(34-18-38-4)32(37)36-17-33(11-12-33)16-29(36)28-15-23-13-21(7-10-27(23)35-28)24-8-5-20(3)30-25-9-6-22(25)14-26(24)30;1-19(2)26(31-28(34)35-23-9-7-6-8-10-23)27(33)32-18-29(4,5)16-25(32)24-15-22(17-30-24)21-13-11-20(3)12-14-21;1-14(2)19(26-22(29)30-4)21(28)27-13-23(9-10-23)11-18(27)20-24-12-17(25-20)16-7-5-15(3)6-8-16/h6-11,13-14,16-17,22,25,29,33,35H,12,15,18-21H2,1-5H3,(H,40,43);5,7-8,10,13,19,22,25,29,31,34H,6,9,11-12,14-18H2,1-4H3;6-14,17,19,25-26H,15-16,18H2,1-5H3,(H,31,34);5-8,12,14,18-19H,9-11,13H2,1-4H3,(H,24,25)(H,26,29)/t25?,29?,33-,35-;22?,25?,29-,31-;25-,26-;18-,19-/m0000/s1. The number of methoxy groups -OCH3 is 2. The molecule has 8 fully saturated rings. The van der Waals surface area contributed by atoms with Crippen molar-refractivity contribution in [3.8, 4) is 45.0 Å². The fourth-order valence-electron chi connectivity index (χ4n) is 25.2. The number of allylic oxidation sites excluding steroid dienone is 1. The topological polar surface area (TPSA) is 283 Å². The Morgan fingerprint density at radius 2 is 0.844 bits per heavy atom. The van der Waals surface area contributed by atoms with Gasteiger partial charge in [0, 0.05) is 75.9 Å². The minimum atomic E-state index is -0.697. The average Bonchev–Trinajstić information content (AvgIpc) is 1.58. The van der Waals surface area contributed by atoms with Gasteiger partial charge in [-0.1, -0.05) is 216 Å². The largest absolute Gasteiger partial charge is 0.453 e. The summed E-state index contributed by atoms with van der Waals surface area (Å²) in [7, 11) is 2.98. The van der Waals surface area contributed by atoms with Crippen LogP contribution in [0.3, 0.4) is 0 Å². The summed E-state index contributed by atoms with van der Waals surface area (Å²) in [5, 5.41) is 11.7. The molecule has 5 N–H and O–H groups in total. The summed E-state index contributed by atoms with van der Waals surface area (Å²) in [4.78, 5) is 124. The summed E-state index contributed by atoms with van der Waals surface area (Å²) in [5.74, 6) is 4.85. The van der Waals surface area contributed by atoms with Crippen LogP contribution in [-0.2, 0) is 54.3 Å². The number of alkyl carbamates (subject to hydrolysis) is 1. The van der Waals surface area contributed by atoms with Gasteiger partial charge in [-0.3, -0.25) is 39.5 Å². The van der Waals surface area contributed by atoms with E-state index in [1.807, 2.05) is 92.9 Å².